The van der Waals surface area contributed by atoms with Crippen LogP contribution in [0.1, 0.15) is 0 Å². The van der Waals surface area contributed by atoms with Gasteiger partial charge in [0.25, 0.3) is 0 Å². The molecule has 1 nitrogen and oxygen atoms in total. The van der Waals surface area contributed by atoms with Gasteiger partial charge in [0.1, 0.15) is 5.75 Å². The molecule has 0 atom stereocenters. The molecule has 21 heavy (non-hydrogen) atoms. The summed E-state index contributed by atoms with van der Waals surface area (Å²) in [7, 11) is 0. The van der Waals surface area contributed by atoms with Gasteiger partial charge in [0.2, 0.25) is 0 Å². The van der Waals surface area contributed by atoms with E-state index < -0.39 is 0 Å². The summed E-state index contributed by atoms with van der Waals surface area (Å²) in [6.45, 7) is 0. The number of phenols is 1. The van der Waals surface area contributed by atoms with Gasteiger partial charge in [0.05, 0.1) is 0 Å². The highest BCUT2D eigenvalue weighted by molar-refractivity contribution is 6.17. The standard InChI is InChI=1S/C20H12O/c21-15-8-14-6-3-7-16-17-9-12-4-1-2-5-13(12)10-18(17)19(11-15)20(14)16/h1-11,21H. The lowest BCUT2D eigenvalue weighted by Gasteiger charge is -2.05. The van der Waals surface area contributed by atoms with Crippen molar-refractivity contribution in [1.29, 1.82) is 0 Å². The number of hydrogen-bond donors (Lipinski definition) is 1. The van der Waals surface area contributed by atoms with E-state index in [-0.39, 0.29) is 0 Å². The smallest absolute Gasteiger partial charge is 0.116 e. The third kappa shape index (κ3) is 1.35. The Hall–Kier alpha value is -2.80. The van der Waals surface area contributed by atoms with Crippen LogP contribution in [0.15, 0.2) is 66.7 Å². The summed E-state index contributed by atoms with van der Waals surface area (Å²) >= 11 is 0. The average molecular weight is 268 g/mol. The van der Waals surface area contributed by atoms with Crippen LogP contribution in [0.25, 0.3) is 43.8 Å². The molecule has 0 saturated heterocycles. The van der Waals surface area contributed by atoms with Gasteiger partial charge < -0.3 is 5.11 Å². The van der Waals surface area contributed by atoms with Gasteiger partial charge >= 0.3 is 0 Å². The van der Waals surface area contributed by atoms with E-state index >= 15 is 0 Å². The van der Waals surface area contributed by atoms with Gasteiger partial charge in [-0.15, -0.1) is 0 Å². The first-order chi connectivity index (χ1) is 10.3. The van der Waals surface area contributed by atoms with Crippen LogP contribution in [-0.2, 0) is 0 Å². The maximum atomic E-state index is 10.0. The molecule has 4 aromatic carbocycles. The molecule has 0 fully saturated rings. The molecule has 0 spiro atoms. The van der Waals surface area contributed by atoms with E-state index in [1.54, 1.807) is 0 Å². The first-order valence-corrected chi connectivity index (χ1v) is 7.10. The second-order valence-corrected chi connectivity index (χ2v) is 5.64. The zero-order chi connectivity index (χ0) is 14.0. The molecule has 0 unspecified atom stereocenters. The van der Waals surface area contributed by atoms with Crippen LogP contribution >= 0.6 is 0 Å². The van der Waals surface area contributed by atoms with Crippen LogP contribution in [0.3, 0.4) is 0 Å². The minimum absolute atomic E-state index is 0.329. The van der Waals surface area contributed by atoms with Crippen molar-refractivity contribution >= 4 is 21.5 Å². The van der Waals surface area contributed by atoms with Crippen molar-refractivity contribution in [3.8, 4) is 28.0 Å². The highest BCUT2D eigenvalue weighted by atomic mass is 16.3. The second-order valence-electron chi connectivity index (χ2n) is 5.64. The number of hydrogen-bond acceptors (Lipinski definition) is 1. The molecule has 1 aliphatic rings. The summed E-state index contributed by atoms with van der Waals surface area (Å²) in [6, 6.07) is 22.9. The fourth-order valence-electron chi connectivity index (χ4n) is 3.53. The molecular weight excluding hydrogens is 256 g/mol. The Balaban J connectivity index is 2.02. The molecule has 98 valence electrons. The Bertz CT molecular complexity index is 1040. The lowest BCUT2D eigenvalue weighted by molar-refractivity contribution is 0.476. The van der Waals surface area contributed by atoms with E-state index in [0.717, 1.165) is 10.9 Å². The number of aromatic hydroxyl groups is 1. The summed E-state index contributed by atoms with van der Waals surface area (Å²) in [5.74, 6) is 0.329. The van der Waals surface area contributed by atoms with Gasteiger partial charge in [-0.05, 0) is 68.1 Å². The third-order valence-corrected chi connectivity index (χ3v) is 4.43. The van der Waals surface area contributed by atoms with Crippen LogP contribution in [0, 0.1) is 0 Å². The van der Waals surface area contributed by atoms with Gasteiger partial charge in [-0.2, -0.15) is 0 Å². The van der Waals surface area contributed by atoms with Crippen LogP contribution in [0.2, 0.25) is 0 Å². The highest BCUT2D eigenvalue weighted by Crippen LogP contribution is 2.49. The molecular formula is C20H12O. The zero-order valence-corrected chi connectivity index (χ0v) is 11.3. The molecule has 0 aliphatic heterocycles. The minimum atomic E-state index is 0.329. The van der Waals surface area contributed by atoms with Crippen molar-refractivity contribution in [2.24, 2.45) is 0 Å². The van der Waals surface area contributed by atoms with Crippen molar-refractivity contribution in [2.45, 2.75) is 0 Å². The molecule has 1 aliphatic carbocycles. The highest BCUT2D eigenvalue weighted by Gasteiger charge is 2.22. The quantitative estimate of drug-likeness (QED) is 0.401. The van der Waals surface area contributed by atoms with Gasteiger partial charge in [0.15, 0.2) is 0 Å². The first kappa shape index (κ1) is 10.9. The monoisotopic (exact) mass is 268 g/mol. The largest absolute Gasteiger partial charge is 0.508 e. The van der Waals surface area contributed by atoms with E-state index in [9.17, 15) is 5.11 Å². The average Bonchev–Trinajstić information content (AvgIpc) is 2.80. The van der Waals surface area contributed by atoms with E-state index in [2.05, 4.69) is 54.6 Å². The molecule has 0 aromatic heterocycles. The third-order valence-electron chi connectivity index (χ3n) is 4.43. The van der Waals surface area contributed by atoms with Gasteiger partial charge in [0, 0.05) is 0 Å². The fourth-order valence-corrected chi connectivity index (χ4v) is 3.53. The van der Waals surface area contributed by atoms with Crippen LogP contribution in [-0.4, -0.2) is 5.11 Å². The molecule has 0 radical (unpaired) electrons. The predicted octanol–water partition coefficient (Wildman–Crippen LogP) is 5.35. The van der Waals surface area contributed by atoms with Crippen molar-refractivity contribution in [2.75, 3.05) is 0 Å². The van der Waals surface area contributed by atoms with Crippen molar-refractivity contribution in [3.05, 3.63) is 66.7 Å². The maximum Gasteiger partial charge on any atom is 0.116 e. The van der Waals surface area contributed by atoms with Gasteiger partial charge in [-0.3, -0.25) is 0 Å². The molecule has 0 bridgehead atoms. The molecule has 0 saturated carbocycles. The molecule has 1 N–H and O–H groups in total. The molecule has 0 amide bonds. The van der Waals surface area contributed by atoms with Crippen molar-refractivity contribution in [1.82, 2.24) is 0 Å². The van der Waals surface area contributed by atoms with E-state index in [0.29, 0.717) is 5.75 Å². The topological polar surface area (TPSA) is 20.2 Å². The summed E-state index contributed by atoms with van der Waals surface area (Å²) in [4.78, 5) is 0. The molecule has 4 aromatic rings. The van der Waals surface area contributed by atoms with Crippen LogP contribution in [0.4, 0.5) is 0 Å². The Labute approximate surface area is 122 Å². The minimum Gasteiger partial charge on any atom is -0.508 e. The SMILES string of the molecule is Oc1cc2c3c(cccc3c1)-c1cc3ccccc3cc1-2. The van der Waals surface area contributed by atoms with Gasteiger partial charge in [-0.1, -0.05) is 42.5 Å². The fraction of sp³-hybridized carbons (Fsp3) is 0. The van der Waals surface area contributed by atoms with Crippen molar-refractivity contribution in [3.63, 3.8) is 0 Å². The Morgan fingerprint density at radius 2 is 1.19 bits per heavy atom. The Morgan fingerprint density at radius 1 is 0.524 bits per heavy atom. The van der Waals surface area contributed by atoms with Crippen molar-refractivity contribution < 1.29 is 5.11 Å². The summed E-state index contributed by atoms with van der Waals surface area (Å²) in [5.41, 5.74) is 4.89. The zero-order valence-electron chi connectivity index (χ0n) is 11.3. The van der Waals surface area contributed by atoms with E-state index in [1.807, 2.05) is 12.1 Å². The Kier molecular flexibility index (Phi) is 1.90. The van der Waals surface area contributed by atoms with E-state index in [1.165, 1.54) is 32.8 Å². The lowest BCUT2D eigenvalue weighted by atomic mass is 9.99. The van der Waals surface area contributed by atoms with Gasteiger partial charge in [-0.25, -0.2) is 0 Å². The summed E-state index contributed by atoms with van der Waals surface area (Å²) < 4.78 is 0. The second kappa shape index (κ2) is 3.64. The maximum absolute atomic E-state index is 10.0. The molecule has 0 heterocycles. The predicted molar refractivity (Wildman–Crippen MR) is 87.5 cm³/mol. The number of phenolic OH excluding ortho intramolecular Hbond substituents is 1. The molecule has 5 rings (SSSR count). The number of rotatable bonds is 0. The Morgan fingerprint density at radius 3 is 1.95 bits per heavy atom. The summed E-state index contributed by atoms with van der Waals surface area (Å²) in [6.07, 6.45) is 0. The van der Waals surface area contributed by atoms with E-state index in [4.69, 9.17) is 0 Å². The van der Waals surface area contributed by atoms with Crippen LogP contribution < -0.4 is 0 Å². The number of fused-ring (bicyclic) bond motifs is 4. The lowest BCUT2D eigenvalue weighted by Crippen LogP contribution is -1.78. The summed E-state index contributed by atoms with van der Waals surface area (Å²) in [5, 5.41) is 14.8. The normalized spacial score (nSPS) is 12.0. The van der Waals surface area contributed by atoms with Crippen LogP contribution in [0.5, 0.6) is 5.75 Å². The first-order valence-electron chi connectivity index (χ1n) is 7.10. The number of benzene rings is 4. The molecule has 1 heteroatoms.